The van der Waals surface area contributed by atoms with Crippen molar-refractivity contribution in [3.05, 3.63) is 58.4 Å². The molecule has 2 rings (SSSR count). The molecule has 0 aliphatic rings. The van der Waals surface area contributed by atoms with E-state index in [-0.39, 0.29) is 11.4 Å². The van der Waals surface area contributed by atoms with Crippen molar-refractivity contribution in [3.63, 3.8) is 0 Å². The third kappa shape index (κ3) is 2.70. The molecule has 5 heteroatoms. The molecule has 0 heterocycles. The summed E-state index contributed by atoms with van der Waals surface area (Å²) in [6.07, 6.45) is 0. The van der Waals surface area contributed by atoms with Crippen molar-refractivity contribution in [1.82, 2.24) is 0 Å². The number of halogens is 1. The van der Waals surface area contributed by atoms with Gasteiger partial charge in [-0.15, -0.1) is 0 Å². The Morgan fingerprint density at radius 3 is 2.68 bits per heavy atom. The molecule has 0 radical (unpaired) electrons. The Morgan fingerprint density at radius 1 is 1.26 bits per heavy atom. The summed E-state index contributed by atoms with van der Waals surface area (Å²) in [7, 11) is 0. The molecule has 0 unspecified atom stereocenters. The van der Waals surface area contributed by atoms with Crippen LogP contribution in [-0.4, -0.2) is 11.5 Å². The van der Waals surface area contributed by atoms with Gasteiger partial charge in [0.1, 0.15) is 0 Å². The Hall–Kier alpha value is -2.43. The van der Waals surface area contributed by atoms with E-state index in [0.29, 0.717) is 17.7 Å². The average Bonchev–Trinajstić information content (AvgIpc) is 2.41. The quantitative estimate of drug-likeness (QED) is 0.621. The van der Waals surface area contributed by atoms with Crippen LogP contribution in [0.2, 0.25) is 0 Å². The van der Waals surface area contributed by atoms with Gasteiger partial charge in [0, 0.05) is 6.07 Å². The molecule has 0 amide bonds. The molecule has 2 aromatic rings. The summed E-state index contributed by atoms with van der Waals surface area (Å²) in [5, 5.41) is 11.0. The van der Waals surface area contributed by atoms with Gasteiger partial charge in [0.15, 0.2) is 11.6 Å². The fourth-order valence-electron chi connectivity index (χ4n) is 1.81. The SMILES string of the molecule is CCOc1cc(-c2ccccc2[N+](=O)[O-])ccc1F. The summed E-state index contributed by atoms with van der Waals surface area (Å²) in [6, 6.07) is 10.6. The Morgan fingerprint density at radius 2 is 2.00 bits per heavy atom. The largest absolute Gasteiger partial charge is 0.491 e. The second-order valence-electron chi connectivity index (χ2n) is 3.85. The molecule has 0 bridgehead atoms. The Balaban J connectivity index is 2.53. The molecule has 0 spiro atoms. The first kappa shape index (κ1) is 13.0. The van der Waals surface area contributed by atoms with E-state index in [1.807, 2.05) is 0 Å². The van der Waals surface area contributed by atoms with Crippen LogP contribution in [0.25, 0.3) is 11.1 Å². The number of para-hydroxylation sites is 1. The molecule has 2 aromatic carbocycles. The van der Waals surface area contributed by atoms with E-state index in [1.165, 1.54) is 24.3 Å². The molecule has 0 saturated carbocycles. The lowest BCUT2D eigenvalue weighted by atomic mass is 10.0. The number of ether oxygens (including phenoxy) is 1. The molecule has 19 heavy (non-hydrogen) atoms. The van der Waals surface area contributed by atoms with Crippen molar-refractivity contribution < 1.29 is 14.1 Å². The highest BCUT2D eigenvalue weighted by Gasteiger charge is 2.15. The number of nitrogens with zero attached hydrogens (tertiary/aromatic N) is 1. The minimum atomic E-state index is -0.482. The first-order chi connectivity index (χ1) is 9.13. The van der Waals surface area contributed by atoms with Gasteiger partial charge in [-0.1, -0.05) is 18.2 Å². The van der Waals surface area contributed by atoms with Crippen LogP contribution >= 0.6 is 0 Å². The third-order valence-corrected chi connectivity index (χ3v) is 2.64. The van der Waals surface area contributed by atoms with Crippen LogP contribution in [-0.2, 0) is 0 Å². The highest BCUT2D eigenvalue weighted by atomic mass is 19.1. The number of benzene rings is 2. The lowest BCUT2D eigenvalue weighted by Crippen LogP contribution is -1.96. The fraction of sp³-hybridized carbons (Fsp3) is 0.143. The lowest BCUT2D eigenvalue weighted by Gasteiger charge is -2.08. The highest BCUT2D eigenvalue weighted by molar-refractivity contribution is 5.74. The monoisotopic (exact) mass is 261 g/mol. The van der Waals surface area contributed by atoms with E-state index in [0.717, 1.165) is 0 Å². The van der Waals surface area contributed by atoms with E-state index >= 15 is 0 Å². The third-order valence-electron chi connectivity index (χ3n) is 2.64. The molecular weight excluding hydrogens is 249 g/mol. The number of hydrogen-bond donors (Lipinski definition) is 0. The van der Waals surface area contributed by atoms with Gasteiger partial charge in [0.2, 0.25) is 0 Å². The van der Waals surface area contributed by atoms with E-state index < -0.39 is 10.7 Å². The number of hydrogen-bond acceptors (Lipinski definition) is 3. The fourth-order valence-corrected chi connectivity index (χ4v) is 1.81. The molecule has 0 aliphatic heterocycles. The molecule has 0 N–H and O–H groups in total. The van der Waals surface area contributed by atoms with E-state index in [4.69, 9.17) is 4.74 Å². The first-order valence-corrected chi connectivity index (χ1v) is 5.79. The van der Waals surface area contributed by atoms with Crippen molar-refractivity contribution in [2.24, 2.45) is 0 Å². The standard InChI is InChI=1S/C14H12FNO3/c1-2-19-14-9-10(7-8-12(14)15)11-5-3-4-6-13(11)16(17)18/h3-9H,2H2,1H3. The van der Waals surface area contributed by atoms with Crippen LogP contribution in [0, 0.1) is 15.9 Å². The molecule has 0 atom stereocenters. The number of nitro benzene ring substituents is 1. The van der Waals surface area contributed by atoms with E-state index in [1.54, 1.807) is 25.1 Å². The van der Waals surface area contributed by atoms with Crippen molar-refractivity contribution >= 4 is 5.69 Å². The van der Waals surface area contributed by atoms with Crippen molar-refractivity contribution in [1.29, 1.82) is 0 Å². The van der Waals surface area contributed by atoms with Gasteiger partial charge in [-0.2, -0.15) is 0 Å². The first-order valence-electron chi connectivity index (χ1n) is 5.79. The van der Waals surface area contributed by atoms with Gasteiger partial charge >= 0.3 is 0 Å². The van der Waals surface area contributed by atoms with E-state index in [9.17, 15) is 14.5 Å². The van der Waals surface area contributed by atoms with Crippen LogP contribution in [0.1, 0.15) is 6.92 Å². The van der Waals surface area contributed by atoms with Gasteiger partial charge < -0.3 is 4.74 Å². The van der Waals surface area contributed by atoms with Crippen LogP contribution < -0.4 is 4.74 Å². The highest BCUT2D eigenvalue weighted by Crippen LogP contribution is 2.32. The zero-order valence-corrected chi connectivity index (χ0v) is 10.3. The Bertz CT molecular complexity index is 613. The Kier molecular flexibility index (Phi) is 3.75. The normalized spacial score (nSPS) is 10.2. The van der Waals surface area contributed by atoms with E-state index in [2.05, 4.69) is 0 Å². The smallest absolute Gasteiger partial charge is 0.277 e. The van der Waals surface area contributed by atoms with Gasteiger partial charge in [0.25, 0.3) is 5.69 Å². The molecule has 4 nitrogen and oxygen atoms in total. The zero-order chi connectivity index (χ0) is 13.8. The minimum Gasteiger partial charge on any atom is -0.491 e. The van der Waals surface area contributed by atoms with Gasteiger partial charge in [-0.25, -0.2) is 4.39 Å². The van der Waals surface area contributed by atoms with Gasteiger partial charge in [0.05, 0.1) is 17.1 Å². The average molecular weight is 261 g/mol. The molecule has 98 valence electrons. The maximum Gasteiger partial charge on any atom is 0.277 e. The number of nitro groups is 1. The number of rotatable bonds is 4. The second-order valence-corrected chi connectivity index (χ2v) is 3.85. The van der Waals surface area contributed by atoms with Crippen LogP contribution in [0.15, 0.2) is 42.5 Å². The van der Waals surface area contributed by atoms with Gasteiger partial charge in [-0.05, 0) is 30.7 Å². The predicted octanol–water partition coefficient (Wildman–Crippen LogP) is 3.80. The van der Waals surface area contributed by atoms with Crippen molar-refractivity contribution in [2.45, 2.75) is 6.92 Å². The molecule has 0 aliphatic carbocycles. The molecule has 0 fully saturated rings. The maximum atomic E-state index is 13.5. The second kappa shape index (κ2) is 5.48. The topological polar surface area (TPSA) is 52.4 Å². The summed E-state index contributed by atoms with van der Waals surface area (Å²) >= 11 is 0. The molecule has 0 aromatic heterocycles. The molecular formula is C14H12FNO3. The van der Waals surface area contributed by atoms with Crippen LogP contribution in [0.3, 0.4) is 0 Å². The summed E-state index contributed by atoms with van der Waals surface area (Å²) < 4.78 is 18.6. The lowest BCUT2D eigenvalue weighted by molar-refractivity contribution is -0.384. The maximum absolute atomic E-state index is 13.5. The summed E-state index contributed by atoms with van der Waals surface area (Å²) in [6.45, 7) is 2.08. The summed E-state index contributed by atoms with van der Waals surface area (Å²) in [4.78, 5) is 10.5. The van der Waals surface area contributed by atoms with Crippen molar-refractivity contribution in [2.75, 3.05) is 6.61 Å². The van der Waals surface area contributed by atoms with Crippen LogP contribution in [0.5, 0.6) is 5.75 Å². The predicted molar refractivity (Wildman–Crippen MR) is 69.7 cm³/mol. The van der Waals surface area contributed by atoms with Gasteiger partial charge in [-0.3, -0.25) is 10.1 Å². The summed E-state index contributed by atoms with van der Waals surface area (Å²) in [5.41, 5.74) is 0.974. The summed E-state index contributed by atoms with van der Waals surface area (Å²) in [5.74, 6) is -0.387. The Labute approximate surface area is 109 Å². The zero-order valence-electron chi connectivity index (χ0n) is 10.3. The van der Waals surface area contributed by atoms with Crippen molar-refractivity contribution in [3.8, 4) is 16.9 Å². The molecule has 0 saturated heterocycles. The van der Waals surface area contributed by atoms with Crippen LogP contribution in [0.4, 0.5) is 10.1 Å². The minimum absolute atomic E-state index is 0.0171.